The first-order chi connectivity index (χ1) is 8.04. The number of ether oxygens (including phenoxy) is 1. The molecule has 0 aliphatic carbocycles. The van der Waals surface area contributed by atoms with Crippen LogP contribution in [0.2, 0.25) is 0 Å². The van der Waals surface area contributed by atoms with Gasteiger partial charge in [0.2, 0.25) is 10.0 Å². The molecule has 2 heterocycles. The molecular formula is C10H21N3O3S. The van der Waals surface area contributed by atoms with Crippen LogP contribution in [0.5, 0.6) is 0 Å². The molecule has 2 aliphatic rings. The van der Waals surface area contributed by atoms with Gasteiger partial charge in [-0.2, -0.15) is 0 Å². The molecule has 2 fully saturated rings. The normalized spacial score (nSPS) is 30.4. The lowest BCUT2D eigenvalue weighted by Crippen LogP contribution is -2.49. The fourth-order valence-electron chi connectivity index (χ4n) is 2.49. The highest BCUT2D eigenvalue weighted by Crippen LogP contribution is 2.22. The number of hydrogen-bond donors (Lipinski definition) is 2. The SMILES string of the molecule is NS(=O)(=O)CCNCC1CN2CCCC2CO1. The van der Waals surface area contributed by atoms with Crippen molar-refractivity contribution in [3.8, 4) is 0 Å². The van der Waals surface area contributed by atoms with Gasteiger partial charge in [-0.3, -0.25) is 4.90 Å². The first-order valence-electron chi connectivity index (χ1n) is 6.11. The van der Waals surface area contributed by atoms with E-state index in [2.05, 4.69) is 10.2 Å². The molecule has 3 N–H and O–H groups in total. The third-order valence-electron chi connectivity index (χ3n) is 3.40. The van der Waals surface area contributed by atoms with Gasteiger partial charge in [-0.25, -0.2) is 13.6 Å². The fourth-order valence-corrected chi connectivity index (χ4v) is 2.92. The molecule has 2 rings (SSSR count). The number of hydrogen-bond acceptors (Lipinski definition) is 5. The molecule has 0 amide bonds. The van der Waals surface area contributed by atoms with Gasteiger partial charge in [0.05, 0.1) is 18.5 Å². The molecule has 0 aromatic rings. The molecular weight excluding hydrogens is 242 g/mol. The molecule has 0 aromatic heterocycles. The molecule has 0 radical (unpaired) electrons. The zero-order chi connectivity index (χ0) is 12.3. The summed E-state index contributed by atoms with van der Waals surface area (Å²) in [6.45, 7) is 4.01. The first kappa shape index (κ1) is 13.2. The highest BCUT2D eigenvalue weighted by Gasteiger charge is 2.31. The zero-order valence-corrected chi connectivity index (χ0v) is 10.8. The van der Waals surface area contributed by atoms with Crippen molar-refractivity contribution >= 4 is 10.0 Å². The van der Waals surface area contributed by atoms with Crippen LogP contribution in [-0.4, -0.2) is 64.0 Å². The molecule has 2 unspecified atom stereocenters. The van der Waals surface area contributed by atoms with Crippen LogP contribution in [-0.2, 0) is 14.8 Å². The lowest BCUT2D eigenvalue weighted by Gasteiger charge is -2.35. The Bertz CT molecular complexity index is 347. The number of fused-ring (bicyclic) bond motifs is 1. The lowest BCUT2D eigenvalue weighted by molar-refractivity contribution is -0.0467. The van der Waals surface area contributed by atoms with E-state index >= 15 is 0 Å². The maximum absolute atomic E-state index is 10.7. The number of sulfonamides is 1. The Morgan fingerprint density at radius 3 is 3.06 bits per heavy atom. The van der Waals surface area contributed by atoms with Gasteiger partial charge < -0.3 is 10.1 Å². The second-order valence-corrected chi connectivity index (χ2v) is 6.55. The number of nitrogens with zero attached hydrogens (tertiary/aromatic N) is 1. The minimum absolute atomic E-state index is 0.0218. The molecule has 0 bridgehead atoms. The van der Waals surface area contributed by atoms with E-state index < -0.39 is 10.0 Å². The summed E-state index contributed by atoms with van der Waals surface area (Å²) < 4.78 is 27.2. The number of rotatable bonds is 5. The van der Waals surface area contributed by atoms with Gasteiger partial charge in [0.1, 0.15) is 0 Å². The number of nitrogens with one attached hydrogen (secondary N) is 1. The summed E-state index contributed by atoms with van der Waals surface area (Å²) in [5.74, 6) is -0.0218. The molecule has 2 aliphatic heterocycles. The Morgan fingerprint density at radius 2 is 2.29 bits per heavy atom. The number of nitrogens with two attached hydrogens (primary N) is 1. The molecule has 100 valence electrons. The smallest absolute Gasteiger partial charge is 0.210 e. The van der Waals surface area contributed by atoms with E-state index in [1.165, 1.54) is 19.4 Å². The van der Waals surface area contributed by atoms with E-state index in [0.717, 1.165) is 13.2 Å². The predicted molar refractivity (Wildman–Crippen MR) is 65.2 cm³/mol. The van der Waals surface area contributed by atoms with Gasteiger partial charge in [-0.1, -0.05) is 0 Å². The van der Waals surface area contributed by atoms with Crippen molar-refractivity contribution in [3.63, 3.8) is 0 Å². The topological polar surface area (TPSA) is 84.7 Å². The Balaban J connectivity index is 1.63. The average Bonchev–Trinajstić information content (AvgIpc) is 2.70. The first-order valence-corrected chi connectivity index (χ1v) is 7.83. The Hall–Kier alpha value is -0.210. The maximum Gasteiger partial charge on any atom is 0.210 e. The quantitative estimate of drug-likeness (QED) is 0.604. The van der Waals surface area contributed by atoms with Crippen LogP contribution >= 0.6 is 0 Å². The largest absolute Gasteiger partial charge is 0.374 e. The van der Waals surface area contributed by atoms with Crippen LogP contribution in [0.4, 0.5) is 0 Å². The molecule has 0 saturated carbocycles. The Labute approximate surface area is 103 Å². The van der Waals surface area contributed by atoms with E-state index in [4.69, 9.17) is 9.88 Å². The summed E-state index contributed by atoms with van der Waals surface area (Å²) in [4.78, 5) is 2.47. The van der Waals surface area contributed by atoms with E-state index in [-0.39, 0.29) is 11.9 Å². The zero-order valence-electron chi connectivity index (χ0n) is 9.97. The molecule has 17 heavy (non-hydrogen) atoms. The average molecular weight is 263 g/mol. The van der Waals surface area contributed by atoms with E-state index in [1.54, 1.807) is 0 Å². The summed E-state index contributed by atoms with van der Waals surface area (Å²) in [6, 6.07) is 0.607. The predicted octanol–water partition coefficient (Wildman–Crippen LogP) is -1.27. The summed E-state index contributed by atoms with van der Waals surface area (Å²) in [7, 11) is -3.36. The Morgan fingerprint density at radius 1 is 1.47 bits per heavy atom. The third kappa shape index (κ3) is 4.18. The summed E-state index contributed by atoms with van der Waals surface area (Å²) >= 11 is 0. The highest BCUT2D eigenvalue weighted by atomic mass is 32.2. The van der Waals surface area contributed by atoms with E-state index in [0.29, 0.717) is 19.1 Å². The molecule has 0 aromatic carbocycles. The van der Waals surface area contributed by atoms with Crippen LogP contribution in [0.25, 0.3) is 0 Å². The van der Waals surface area contributed by atoms with Crippen LogP contribution in [0.3, 0.4) is 0 Å². The van der Waals surface area contributed by atoms with Crippen LogP contribution < -0.4 is 10.5 Å². The second kappa shape index (κ2) is 5.62. The molecule has 2 atom stereocenters. The van der Waals surface area contributed by atoms with Gasteiger partial charge in [-0.05, 0) is 19.4 Å². The van der Waals surface area contributed by atoms with Crippen LogP contribution in [0.1, 0.15) is 12.8 Å². The summed E-state index contributed by atoms with van der Waals surface area (Å²) in [5.41, 5.74) is 0. The third-order valence-corrected chi connectivity index (χ3v) is 4.17. The van der Waals surface area contributed by atoms with E-state index in [9.17, 15) is 8.42 Å². The highest BCUT2D eigenvalue weighted by molar-refractivity contribution is 7.89. The van der Waals surface area contributed by atoms with Crippen molar-refractivity contribution in [2.45, 2.75) is 25.0 Å². The van der Waals surface area contributed by atoms with Crippen LogP contribution in [0.15, 0.2) is 0 Å². The molecule has 0 spiro atoms. The number of morpholine rings is 1. The van der Waals surface area contributed by atoms with E-state index in [1.807, 2.05) is 0 Å². The minimum Gasteiger partial charge on any atom is -0.374 e. The van der Waals surface area contributed by atoms with Gasteiger partial charge in [0, 0.05) is 25.7 Å². The summed E-state index contributed by atoms with van der Waals surface area (Å²) in [5, 5.41) is 8.00. The van der Waals surface area contributed by atoms with Crippen molar-refractivity contribution in [3.05, 3.63) is 0 Å². The summed E-state index contributed by atoms with van der Waals surface area (Å²) in [6.07, 6.45) is 2.68. The molecule has 6 nitrogen and oxygen atoms in total. The lowest BCUT2D eigenvalue weighted by atomic mass is 10.2. The van der Waals surface area contributed by atoms with Crippen molar-refractivity contribution in [1.82, 2.24) is 10.2 Å². The number of primary sulfonamides is 1. The van der Waals surface area contributed by atoms with Crippen molar-refractivity contribution in [2.75, 3.05) is 38.5 Å². The maximum atomic E-state index is 10.7. The Kier molecular flexibility index (Phi) is 4.37. The minimum atomic E-state index is -3.36. The monoisotopic (exact) mass is 263 g/mol. The van der Waals surface area contributed by atoms with Gasteiger partial charge in [0.25, 0.3) is 0 Å². The van der Waals surface area contributed by atoms with Crippen molar-refractivity contribution < 1.29 is 13.2 Å². The standard InChI is InChI=1S/C10H21N3O3S/c11-17(14,15)5-3-12-6-10-7-13-4-1-2-9(13)8-16-10/h9-10,12H,1-8H2,(H2,11,14,15). The van der Waals surface area contributed by atoms with Crippen molar-refractivity contribution in [1.29, 1.82) is 0 Å². The molecule has 2 saturated heterocycles. The second-order valence-electron chi connectivity index (χ2n) is 4.82. The van der Waals surface area contributed by atoms with Gasteiger partial charge in [-0.15, -0.1) is 0 Å². The fraction of sp³-hybridized carbons (Fsp3) is 1.00. The van der Waals surface area contributed by atoms with Crippen molar-refractivity contribution in [2.24, 2.45) is 5.14 Å². The van der Waals surface area contributed by atoms with Gasteiger partial charge in [0.15, 0.2) is 0 Å². The van der Waals surface area contributed by atoms with Crippen LogP contribution in [0, 0.1) is 0 Å². The molecule has 7 heteroatoms. The van der Waals surface area contributed by atoms with Gasteiger partial charge >= 0.3 is 0 Å².